The van der Waals surface area contributed by atoms with Gasteiger partial charge in [-0.25, -0.2) is 9.59 Å². The van der Waals surface area contributed by atoms with Crippen molar-refractivity contribution >= 4 is 46.8 Å². The molecule has 2 aromatic carbocycles. The maximum Gasteiger partial charge on any atom is 0.328 e. The van der Waals surface area contributed by atoms with E-state index in [1.807, 2.05) is 55.5 Å². The maximum absolute atomic E-state index is 13.1. The number of hydrogen-bond donors (Lipinski definition) is 4. The van der Waals surface area contributed by atoms with E-state index in [1.54, 1.807) is 12.1 Å². The zero-order chi connectivity index (χ0) is 29.5. The summed E-state index contributed by atoms with van der Waals surface area (Å²) >= 11 is 13.0. The number of amides is 3. The SMILES string of the molecule is C=C(/C=C\C=C/C)[C@H]1CCN(c2cc(Cl)c(C(=O)NC(CNC(=O)N[C@@H]3CCc4ccccc43)C(=O)O)c(Cl)c2)C1. The number of halogens is 2. The Hall–Kier alpha value is -3.75. The van der Waals surface area contributed by atoms with Crippen molar-refractivity contribution in [3.05, 3.63) is 99.6 Å². The van der Waals surface area contributed by atoms with Crippen LogP contribution in [-0.4, -0.2) is 48.7 Å². The average molecular weight is 598 g/mol. The Morgan fingerprint density at radius 3 is 2.59 bits per heavy atom. The first-order chi connectivity index (χ1) is 19.7. The second-order valence-corrected chi connectivity index (χ2v) is 11.0. The smallest absolute Gasteiger partial charge is 0.328 e. The molecule has 0 spiro atoms. The maximum atomic E-state index is 13.1. The molecule has 0 bridgehead atoms. The van der Waals surface area contributed by atoms with Crippen molar-refractivity contribution in [1.29, 1.82) is 0 Å². The minimum absolute atomic E-state index is 0.0233. The number of aryl methyl sites for hydroxylation is 1. The number of carbonyl (C=O) groups is 3. The Morgan fingerprint density at radius 2 is 1.88 bits per heavy atom. The first-order valence-electron chi connectivity index (χ1n) is 13.6. The van der Waals surface area contributed by atoms with E-state index in [1.165, 1.54) is 5.56 Å². The second kappa shape index (κ2) is 13.7. The summed E-state index contributed by atoms with van der Waals surface area (Å²) in [6.45, 7) is 7.32. The van der Waals surface area contributed by atoms with Gasteiger partial charge in [0.25, 0.3) is 5.91 Å². The minimum atomic E-state index is -1.39. The number of benzene rings is 2. The van der Waals surface area contributed by atoms with Crippen LogP contribution in [0.3, 0.4) is 0 Å². The molecule has 0 saturated carbocycles. The zero-order valence-electron chi connectivity index (χ0n) is 22.8. The first-order valence-corrected chi connectivity index (χ1v) is 14.3. The molecular weight excluding hydrogens is 563 g/mol. The van der Waals surface area contributed by atoms with E-state index in [2.05, 4.69) is 27.4 Å². The molecule has 3 atom stereocenters. The van der Waals surface area contributed by atoms with E-state index in [4.69, 9.17) is 23.2 Å². The first kappa shape index (κ1) is 30.2. The summed E-state index contributed by atoms with van der Waals surface area (Å²) in [5.74, 6) is -1.77. The Bertz CT molecular complexity index is 1370. The van der Waals surface area contributed by atoms with Crippen LogP contribution < -0.4 is 20.9 Å². The van der Waals surface area contributed by atoms with E-state index in [0.717, 1.165) is 49.2 Å². The summed E-state index contributed by atoms with van der Waals surface area (Å²) in [5.41, 5.74) is 4.01. The van der Waals surface area contributed by atoms with E-state index in [9.17, 15) is 19.5 Å². The third kappa shape index (κ3) is 7.51. The van der Waals surface area contributed by atoms with Gasteiger partial charge in [-0.05, 0) is 49.4 Å². The molecule has 2 aliphatic rings. The fraction of sp³-hybridized carbons (Fsp3) is 0.323. The number of carbonyl (C=O) groups excluding carboxylic acids is 2. The molecule has 8 nitrogen and oxygen atoms in total. The summed E-state index contributed by atoms with van der Waals surface area (Å²) in [5, 5.41) is 17.7. The average Bonchev–Trinajstić information content (AvgIpc) is 3.59. The van der Waals surface area contributed by atoms with Crippen LogP contribution in [0.15, 0.2) is 72.9 Å². The summed E-state index contributed by atoms with van der Waals surface area (Å²) in [7, 11) is 0. The Balaban J connectivity index is 1.35. The van der Waals surface area contributed by atoms with Crippen molar-refractivity contribution in [2.24, 2.45) is 5.92 Å². The highest BCUT2D eigenvalue weighted by Gasteiger charge is 2.28. The fourth-order valence-corrected chi connectivity index (χ4v) is 5.87. The lowest BCUT2D eigenvalue weighted by Gasteiger charge is -2.22. The molecule has 4 rings (SSSR count). The van der Waals surface area contributed by atoms with Gasteiger partial charge < -0.3 is 26.0 Å². The van der Waals surface area contributed by atoms with Crippen LogP contribution in [0.5, 0.6) is 0 Å². The predicted octanol–water partition coefficient (Wildman–Crippen LogP) is 5.68. The van der Waals surface area contributed by atoms with Crippen LogP contribution in [-0.2, 0) is 11.2 Å². The Labute approximate surface area is 250 Å². The number of anilines is 1. The number of nitrogens with zero attached hydrogens (tertiary/aromatic N) is 1. The van der Waals surface area contributed by atoms with Crippen LogP contribution in [0.1, 0.15) is 47.3 Å². The molecule has 1 saturated heterocycles. The predicted molar refractivity (Wildman–Crippen MR) is 163 cm³/mol. The largest absolute Gasteiger partial charge is 0.480 e. The monoisotopic (exact) mass is 596 g/mol. The molecule has 41 heavy (non-hydrogen) atoms. The van der Waals surface area contributed by atoms with Crippen LogP contribution >= 0.6 is 23.2 Å². The van der Waals surface area contributed by atoms with Crippen molar-refractivity contribution < 1.29 is 19.5 Å². The van der Waals surface area contributed by atoms with Gasteiger partial charge in [-0.2, -0.15) is 0 Å². The molecule has 10 heteroatoms. The summed E-state index contributed by atoms with van der Waals surface area (Å²) in [6.07, 6.45) is 10.4. The van der Waals surface area contributed by atoms with Crippen LogP contribution in [0.4, 0.5) is 10.5 Å². The van der Waals surface area contributed by atoms with E-state index in [0.29, 0.717) is 0 Å². The van der Waals surface area contributed by atoms with Crippen molar-refractivity contribution in [1.82, 2.24) is 16.0 Å². The highest BCUT2D eigenvalue weighted by Crippen LogP contribution is 2.35. The molecule has 1 heterocycles. The quantitative estimate of drug-likeness (QED) is 0.264. The molecule has 1 aliphatic heterocycles. The normalized spacial score (nSPS) is 18.9. The van der Waals surface area contributed by atoms with Crippen molar-refractivity contribution in [3.8, 4) is 0 Å². The van der Waals surface area contributed by atoms with Gasteiger partial charge in [-0.1, -0.05) is 83.9 Å². The van der Waals surface area contributed by atoms with Gasteiger partial charge >= 0.3 is 12.0 Å². The topological polar surface area (TPSA) is 111 Å². The number of fused-ring (bicyclic) bond motifs is 1. The Kier molecular flexibility index (Phi) is 10.1. The van der Waals surface area contributed by atoms with Crippen LogP contribution in [0, 0.1) is 5.92 Å². The fourth-order valence-electron chi connectivity index (χ4n) is 5.22. The molecule has 1 fully saturated rings. The molecule has 0 radical (unpaired) electrons. The lowest BCUT2D eigenvalue weighted by Crippen LogP contribution is -2.50. The molecule has 4 N–H and O–H groups in total. The zero-order valence-corrected chi connectivity index (χ0v) is 24.3. The van der Waals surface area contributed by atoms with E-state index < -0.39 is 23.9 Å². The molecule has 216 valence electrons. The molecular formula is C31H34Cl2N4O4. The van der Waals surface area contributed by atoms with Gasteiger partial charge in [0.15, 0.2) is 0 Å². The number of aliphatic carboxylic acids is 1. The molecule has 3 amide bonds. The number of rotatable bonds is 10. The number of carboxylic acids is 1. The van der Waals surface area contributed by atoms with Crippen molar-refractivity contribution in [3.63, 3.8) is 0 Å². The second-order valence-electron chi connectivity index (χ2n) is 10.2. The lowest BCUT2D eigenvalue weighted by atomic mass is 9.99. The summed E-state index contributed by atoms with van der Waals surface area (Å²) in [4.78, 5) is 39.6. The molecule has 1 unspecified atom stereocenters. The van der Waals surface area contributed by atoms with E-state index >= 15 is 0 Å². The van der Waals surface area contributed by atoms with Crippen molar-refractivity contribution in [2.75, 3.05) is 24.5 Å². The van der Waals surface area contributed by atoms with Crippen LogP contribution in [0.2, 0.25) is 10.0 Å². The van der Waals surface area contributed by atoms with E-state index in [-0.39, 0.29) is 34.1 Å². The third-order valence-electron chi connectivity index (χ3n) is 7.45. The standard InChI is InChI=1S/C31H34Cl2N4O4/c1-3-4-5-8-19(2)21-13-14-37(18-21)22-15-24(32)28(25(33)16-22)29(38)35-27(30(39)40)17-34-31(41)36-26-12-11-20-9-6-7-10-23(20)26/h3-10,15-16,21,26-27H,2,11-14,17-18H2,1H3,(H,35,38)(H,39,40)(H2,34,36,41)/b4-3-,8-5-/t21-,26+,27?/m0/s1. The molecule has 0 aromatic heterocycles. The van der Waals surface area contributed by atoms with Gasteiger partial charge in [-0.3, -0.25) is 4.79 Å². The van der Waals surface area contributed by atoms with Crippen molar-refractivity contribution in [2.45, 2.75) is 38.3 Å². The number of carboxylic acid groups (broad SMARTS) is 1. The number of allylic oxidation sites excluding steroid dienone is 4. The lowest BCUT2D eigenvalue weighted by molar-refractivity contribution is -0.139. The summed E-state index contributed by atoms with van der Waals surface area (Å²) < 4.78 is 0. The van der Waals surface area contributed by atoms with Gasteiger partial charge in [0.1, 0.15) is 6.04 Å². The number of hydrogen-bond acceptors (Lipinski definition) is 4. The van der Waals surface area contributed by atoms with Gasteiger partial charge in [0.2, 0.25) is 0 Å². The van der Waals surface area contributed by atoms with Gasteiger partial charge in [0, 0.05) is 24.7 Å². The molecule has 1 aliphatic carbocycles. The molecule has 2 aromatic rings. The summed E-state index contributed by atoms with van der Waals surface area (Å²) in [6, 6.07) is 9.12. The van der Waals surface area contributed by atoms with Gasteiger partial charge in [0.05, 0.1) is 28.2 Å². The van der Waals surface area contributed by atoms with Gasteiger partial charge in [-0.15, -0.1) is 0 Å². The highest BCUT2D eigenvalue weighted by atomic mass is 35.5. The third-order valence-corrected chi connectivity index (χ3v) is 8.05. The number of urea groups is 1. The minimum Gasteiger partial charge on any atom is -0.480 e. The van der Waals surface area contributed by atoms with Crippen LogP contribution in [0.25, 0.3) is 0 Å². The number of nitrogens with one attached hydrogen (secondary N) is 3. The highest BCUT2D eigenvalue weighted by molar-refractivity contribution is 6.40. The Morgan fingerprint density at radius 1 is 1.15 bits per heavy atom.